The average Bonchev–Trinajstić information content (AvgIpc) is 3.11. The van der Waals surface area contributed by atoms with Gasteiger partial charge in [-0.1, -0.05) is 38.1 Å². The summed E-state index contributed by atoms with van der Waals surface area (Å²) in [5.74, 6) is 1.08. The normalized spacial score (nSPS) is 15.8. The van der Waals surface area contributed by atoms with Crippen LogP contribution in [0.1, 0.15) is 55.6 Å². The Morgan fingerprint density at radius 3 is 2.26 bits per heavy atom. The fourth-order valence-electron chi connectivity index (χ4n) is 3.31. The van der Waals surface area contributed by atoms with Crippen LogP contribution in [-0.2, 0) is 0 Å². The summed E-state index contributed by atoms with van der Waals surface area (Å²) in [6, 6.07) is 8.67. The summed E-state index contributed by atoms with van der Waals surface area (Å²) in [5, 5.41) is 2.79. The highest BCUT2D eigenvalue weighted by molar-refractivity contribution is 7.13. The summed E-state index contributed by atoms with van der Waals surface area (Å²) in [7, 11) is 0. The summed E-state index contributed by atoms with van der Waals surface area (Å²) in [5.41, 5.74) is 8.93. The fraction of sp³-hybridized carbons (Fsp3) is 0.500. The predicted molar refractivity (Wildman–Crippen MR) is 118 cm³/mol. The number of nitrogens with zero attached hydrogens (tertiary/aromatic N) is 2. The topological polar surface area (TPSA) is 59.2 Å². The third-order valence-corrected chi connectivity index (χ3v) is 6.01. The Bertz CT molecular complexity index is 723. The van der Waals surface area contributed by atoms with E-state index in [4.69, 9.17) is 5.73 Å². The number of nitrogens with two attached hydrogens (primary N) is 1. The molecule has 1 aliphatic rings. The number of halogens is 2. The lowest BCUT2D eigenvalue weighted by Crippen LogP contribution is -2.42. The molecule has 0 bridgehead atoms. The minimum Gasteiger partial charge on any atom is -0.337 e. The first-order chi connectivity index (χ1) is 12.0. The first kappa shape index (κ1) is 23.9. The van der Waals surface area contributed by atoms with Gasteiger partial charge in [0.25, 0.3) is 5.91 Å². The first-order valence-corrected chi connectivity index (χ1v) is 9.94. The predicted octanol–water partition coefficient (Wildman–Crippen LogP) is 4.98. The van der Waals surface area contributed by atoms with Gasteiger partial charge in [-0.15, -0.1) is 36.2 Å². The van der Waals surface area contributed by atoms with Crippen molar-refractivity contribution < 1.29 is 4.79 Å². The van der Waals surface area contributed by atoms with Crippen LogP contribution in [0, 0.1) is 5.92 Å². The van der Waals surface area contributed by atoms with Crippen LogP contribution in [0.3, 0.4) is 0 Å². The van der Waals surface area contributed by atoms with E-state index >= 15 is 0 Å². The molecule has 1 saturated heterocycles. The summed E-state index contributed by atoms with van der Waals surface area (Å²) in [6.07, 6.45) is 1.97. The minimum atomic E-state index is 0. The van der Waals surface area contributed by atoms with E-state index in [0.717, 1.165) is 36.5 Å². The van der Waals surface area contributed by atoms with Gasteiger partial charge in [-0.2, -0.15) is 0 Å². The lowest BCUT2D eigenvalue weighted by atomic mass is 9.91. The van der Waals surface area contributed by atoms with Crippen LogP contribution in [0.5, 0.6) is 0 Å². The molecule has 0 aliphatic carbocycles. The monoisotopic (exact) mass is 429 g/mol. The van der Waals surface area contributed by atoms with Gasteiger partial charge in [0.05, 0.1) is 0 Å². The van der Waals surface area contributed by atoms with Crippen LogP contribution in [0.2, 0.25) is 0 Å². The number of rotatable bonds is 4. The molecule has 1 aliphatic heterocycles. The number of hydrogen-bond acceptors (Lipinski definition) is 4. The van der Waals surface area contributed by atoms with Gasteiger partial charge in [-0.05, 0) is 37.2 Å². The van der Waals surface area contributed by atoms with Gasteiger partial charge in [0, 0.05) is 30.1 Å². The average molecular weight is 430 g/mol. The van der Waals surface area contributed by atoms with Crippen LogP contribution in [-0.4, -0.2) is 34.9 Å². The largest absolute Gasteiger partial charge is 0.337 e. The standard InChI is InChI=1S/C20H27N3OS.2ClH/c1-13(2)15-4-6-17(7-5-15)19-22-18(12-25-19)20(24)23-10-8-16(9-11-23)14(3)21;;/h4-7,12-14,16H,8-11,21H2,1-3H3;2*1H. The van der Waals surface area contributed by atoms with E-state index in [0.29, 0.717) is 17.5 Å². The van der Waals surface area contributed by atoms with Crippen molar-refractivity contribution in [3.8, 4) is 10.6 Å². The molecule has 0 spiro atoms. The van der Waals surface area contributed by atoms with Crippen molar-refractivity contribution in [2.45, 2.75) is 45.6 Å². The van der Waals surface area contributed by atoms with Crippen molar-refractivity contribution in [1.29, 1.82) is 0 Å². The molecule has 2 aromatic rings. The molecule has 1 unspecified atom stereocenters. The molecule has 1 aromatic carbocycles. The van der Waals surface area contributed by atoms with E-state index in [1.807, 2.05) is 10.3 Å². The van der Waals surface area contributed by atoms with Crippen molar-refractivity contribution in [2.75, 3.05) is 13.1 Å². The van der Waals surface area contributed by atoms with Crippen LogP contribution in [0.15, 0.2) is 29.6 Å². The molecule has 2 N–H and O–H groups in total. The van der Waals surface area contributed by atoms with Gasteiger partial charge in [0.15, 0.2) is 0 Å². The molecule has 1 atom stereocenters. The SMILES string of the molecule is CC(C)c1ccc(-c2nc(C(=O)N3CCC(C(C)N)CC3)cs2)cc1.Cl.Cl. The Kier molecular flexibility index (Phi) is 9.22. The second kappa shape index (κ2) is 10.4. The maximum Gasteiger partial charge on any atom is 0.273 e. The second-order valence-corrected chi connectivity index (χ2v) is 8.16. The lowest BCUT2D eigenvalue weighted by molar-refractivity contribution is 0.0676. The van der Waals surface area contributed by atoms with E-state index < -0.39 is 0 Å². The number of likely N-dealkylation sites (tertiary alicyclic amines) is 1. The number of aromatic nitrogens is 1. The number of carbonyl (C=O) groups is 1. The Morgan fingerprint density at radius 2 is 1.74 bits per heavy atom. The van der Waals surface area contributed by atoms with Gasteiger partial charge in [-0.3, -0.25) is 4.79 Å². The molecular weight excluding hydrogens is 401 g/mol. The maximum absolute atomic E-state index is 12.7. The Morgan fingerprint density at radius 1 is 1.15 bits per heavy atom. The van der Waals surface area contributed by atoms with Crippen LogP contribution >= 0.6 is 36.2 Å². The maximum atomic E-state index is 12.7. The third kappa shape index (κ3) is 5.67. The molecule has 7 heteroatoms. The first-order valence-electron chi connectivity index (χ1n) is 9.06. The number of hydrogen-bond donors (Lipinski definition) is 1. The van der Waals surface area contributed by atoms with Gasteiger partial charge < -0.3 is 10.6 Å². The fourth-order valence-corrected chi connectivity index (χ4v) is 4.11. The number of carbonyl (C=O) groups excluding carboxylic acids is 1. The molecule has 1 amide bonds. The molecule has 1 fully saturated rings. The molecule has 2 heterocycles. The van der Waals surface area contributed by atoms with Crippen molar-refractivity contribution in [2.24, 2.45) is 11.7 Å². The molecule has 0 saturated carbocycles. The molecule has 1 aromatic heterocycles. The van der Waals surface area contributed by atoms with Crippen molar-refractivity contribution in [3.05, 3.63) is 40.9 Å². The minimum absolute atomic E-state index is 0. The zero-order chi connectivity index (χ0) is 18.0. The van der Waals surface area contributed by atoms with E-state index in [2.05, 4.69) is 50.0 Å². The number of amides is 1. The van der Waals surface area contributed by atoms with Crippen molar-refractivity contribution in [3.63, 3.8) is 0 Å². The smallest absolute Gasteiger partial charge is 0.273 e. The highest BCUT2D eigenvalue weighted by atomic mass is 35.5. The molecule has 3 rings (SSSR count). The zero-order valence-corrected chi connectivity index (χ0v) is 18.5. The highest BCUT2D eigenvalue weighted by Gasteiger charge is 2.26. The Hall–Kier alpha value is -1.14. The van der Waals surface area contributed by atoms with Gasteiger partial charge >= 0.3 is 0 Å². The Labute approximate surface area is 178 Å². The van der Waals surface area contributed by atoms with Gasteiger partial charge in [0.2, 0.25) is 0 Å². The quantitative estimate of drug-likeness (QED) is 0.745. The molecule has 150 valence electrons. The summed E-state index contributed by atoms with van der Waals surface area (Å²) < 4.78 is 0. The van der Waals surface area contributed by atoms with E-state index in [9.17, 15) is 4.79 Å². The summed E-state index contributed by atoms with van der Waals surface area (Å²) in [6.45, 7) is 7.98. The summed E-state index contributed by atoms with van der Waals surface area (Å²) >= 11 is 1.54. The van der Waals surface area contributed by atoms with Gasteiger partial charge in [0.1, 0.15) is 10.7 Å². The second-order valence-electron chi connectivity index (χ2n) is 7.30. The molecule has 0 radical (unpaired) electrons. The molecule has 27 heavy (non-hydrogen) atoms. The van der Waals surface area contributed by atoms with Crippen molar-refractivity contribution in [1.82, 2.24) is 9.88 Å². The summed E-state index contributed by atoms with van der Waals surface area (Å²) in [4.78, 5) is 19.2. The van der Waals surface area contributed by atoms with Crippen LogP contribution < -0.4 is 5.73 Å². The van der Waals surface area contributed by atoms with E-state index in [1.54, 1.807) is 0 Å². The van der Waals surface area contributed by atoms with Crippen molar-refractivity contribution >= 4 is 42.1 Å². The highest BCUT2D eigenvalue weighted by Crippen LogP contribution is 2.27. The number of piperidine rings is 1. The van der Waals surface area contributed by atoms with E-state index in [-0.39, 0.29) is 36.8 Å². The van der Waals surface area contributed by atoms with Gasteiger partial charge in [-0.25, -0.2) is 4.98 Å². The molecular formula is C20H29Cl2N3OS. The zero-order valence-electron chi connectivity index (χ0n) is 16.1. The molecule has 4 nitrogen and oxygen atoms in total. The number of thiazole rings is 1. The lowest BCUT2D eigenvalue weighted by Gasteiger charge is -2.33. The van der Waals surface area contributed by atoms with Crippen LogP contribution in [0.4, 0.5) is 0 Å². The third-order valence-electron chi connectivity index (χ3n) is 5.12. The number of benzene rings is 1. The van der Waals surface area contributed by atoms with E-state index in [1.165, 1.54) is 16.9 Å². The van der Waals surface area contributed by atoms with Crippen LogP contribution in [0.25, 0.3) is 10.6 Å². The Balaban J connectivity index is 0.00000182.